The number of carbonyl (C=O) groups excluding carboxylic acids is 1. The lowest BCUT2D eigenvalue weighted by atomic mass is 10.2. The molecule has 120 valence electrons. The van der Waals surface area contributed by atoms with Crippen molar-refractivity contribution in [2.24, 2.45) is 0 Å². The van der Waals surface area contributed by atoms with Gasteiger partial charge in [0.15, 0.2) is 0 Å². The first kappa shape index (κ1) is 16.0. The second-order valence-electron chi connectivity index (χ2n) is 6.01. The first-order valence-electron chi connectivity index (χ1n) is 7.91. The van der Waals surface area contributed by atoms with Gasteiger partial charge in [0.05, 0.1) is 17.4 Å². The Hall–Kier alpha value is -1.88. The Kier molecular flexibility index (Phi) is 4.96. The van der Waals surface area contributed by atoms with E-state index in [9.17, 15) is 4.79 Å². The third-order valence-electron chi connectivity index (χ3n) is 4.14. The maximum Gasteiger partial charge on any atom is 0.253 e. The minimum Gasteiger partial charge on any atom is -0.354 e. The summed E-state index contributed by atoms with van der Waals surface area (Å²) in [4.78, 5) is 16.5. The zero-order valence-electron chi connectivity index (χ0n) is 13.1. The van der Waals surface area contributed by atoms with Crippen LogP contribution < -0.4 is 10.6 Å². The third-order valence-corrected chi connectivity index (χ3v) is 5.03. The van der Waals surface area contributed by atoms with E-state index in [1.807, 2.05) is 25.1 Å². The topological polar surface area (TPSA) is 54.0 Å². The number of anilines is 2. The number of pyridine rings is 1. The summed E-state index contributed by atoms with van der Waals surface area (Å²) in [6, 6.07) is 8.20. The van der Waals surface area contributed by atoms with E-state index in [2.05, 4.69) is 37.6 Å². The molecule has 0 radical (unpaired) electrons. The molecule has 2 N–H and O–H groups in total. The number of aromatic nitrogens is 1. The summed E-state index contributed by atoms with van der Waals surface area (Å²) >= 11 is 3.49. The third kappa shape index (κ3) is 4.10. The average molecular weight is 374 g/mol. The summed E-state index contributed by atoms with van der Waals surface area (Å²) in [6.07, 6.45) is 7.90. The highest BCUT2D eigenvalue weighted by molar-refractivity contribution is 9.10. The van der Waals surface area contributed by atoms with Crippen molar-refractivity contribution in [3.63, 3.8) is 0 Å². The molecule has 23 heavy (non-hydrogen) atoms. The lowest BCUT2D eigenvalue weighted by molar-refractivity contribution is 0.0937. The molecule has 4 nitrogen and oxygen atoms in total. The highest BCUT2D eigenvalue weighted by Gasteiger charge is 2.18. The largest absolute Gasteiger partial charge is 0.354 e. The van der Waals surface area contributed by atoms with Gasteiger partial charge in [-0.3, -0.25) is 9.78 Å². The first-order valence-corrected chi connectivity index (χ1v) is 8.70. The zero-order chi connectivity index (χ0) is 16.2. The lowest BCUT2D eigenvalue weighted by Crippen LogP contribution is -2.32. The Labute approximate surface area is 144 Å². The molecule has 5 heteroatoms. The number of hydrogen-bond acceptors (Lipinski definition) is 3. The van der Waals surface area contributed by atoms with Crippen LogP contribution in [0.1, 0.15) is 41.6 Å². The molecule has 0 bridgehead atoms. The minimum absolute atomic E-state index is 0.0416. The van der Waals surface area contributed by atoms with Gasteiger partial charge in [-0.25, -0.2) is 0 Å². The van der Waals surface area contributed by atoms with Gasteiger partial charge in [0.25, 0.3) is 5.91 Å². The van der Waals surface area contributed by atoms with Crippen molar-refractivity contribution in [1.29, 1.82) is 0 Å². The molecule has 1 saturated carbocycles. The van der Waals surface area contributed by atoms with Gasteiger partial charge in [0, 0.05) is 22.4 Å². The van der Waals surface area contributed by atoms with E-state index < -0.39 is 0 Å². The van der Waals surface area contributed by atoms with Gasteiger partial charge in [-0.05, 0) is 49.6 Å². The van der Waals surface area contributed by atoms with Crippen LogP contribution in [0, 0.1) is 6.92 Å². The van der Waals surface area contributed by atoms with Crippen molar-refractivity contribution in [1.82, 2.24) is 10.3 Å². The maximum atomic E-state index is 12.3. The van der Waals surface area contributed by atoms with Crippen molar-refractivity contribution >= 4 is 33.2 Å². The summed E-state index contributed by atoms with van der Waals surface area (Å²) < 4.78 is 1.07. The number of nitrogens with zero attached hydrogens (tertiary/aromatic N) is 1. The number of hydrogen-bond donors (Lipinski definition) is 2. The van der Waals surface area contributed by atoms with Gasteiger partial charge in [-0.2, -0.15) is 0 Å². The van der Waals surface area contributed by atoms with Crippen LogP contribution in [0.2, 0.25) is 0 Å². The number of carbonyl (C=O) groups is 1. The van der Waals surface area contributed by atoms with Crippen molar-refractivity contribution in [3.8, 4) is 0 Å². The number of rotatable bonds is 4. The van der Waals surface area contributed by atoms with Crippen LogP contribution in [0.5, 0.6) is 0 Å². The predicted molar refractivity (Wildman–Crippen MR) is 96.1 cm³/mol. The van der Waals surface area contributed by atoms with E-state index in [0.717, 1.165) is 34.3 Å². The Morgan fingerprint density at radius 2 is 1.96 bits per heavy atom. The van der Waals surface area contributed by atoms with Gasteiger partial charge < -0.3 is 10.6 Å². The Morgan fingerprint density at radius 3 is 2.70 bits per heavy atom. The number of benzene rings is 1. The fourth-order valence-electron chi connectivity index (χ4n) is 2.86. The summed E-state index contributed by atoms with van der Waals surface area (Å²) in [5.74, 6) is -0.0416. The average Bonchev–Trinajstić information content (AvgIpc) is 3.04. The second-order valence-corrected chi connectivity index (χ2v) is 6.86. The second kappa shape index (κ2) is 7.13. The van der Waals surface area contributed by atoms with Gasteiger partial charge in [0.1, 0.15) is 0 Å². The number of nitrogens with one attached hydrogen (secondary N) is 2. The van der Waals surface area contributed by atoms with Crippen LogP contribution in [0.3, 0.4) is 0 Å². The normalized spacial score (nSPS) is 14.7. The van der Waals surface area contributed by atoms with E-state index >= 15 is 0 Å². The molecule has 1 aliphatic rings. The summed E-state index contributed by atoms with van der Waals surface area (Å²) in [7, 11) is 0. The molecule has 1 aromatic carbocycles. The quantitative estimate of drug-likeness (QED) is 0.825. The smallest absolute Gasteiger partial charge is 0.253 e. The van der Waals surface area contributed by atoms with E-state index in [-0.39, 0.29) is 5.91 Å². The van der Waals surface area contributed by atoms with Gasteiger partial charge in [-0.1, -0.05) is 28.8 Å². The zero-order valence-corrected chi connectivity index (χ0v) is 14.7. The molecule has 1 aromatic heterocycles. The van der Waals surface area contributed by atoms with E-state index in [1.165, 1.54) is 12.8 Å². The van der Waals surface area contributed by atoms with E-state index in [1.54, 1.807) is 12.4 Å². The molecule has 0 saturated heterocycles. The molecule has 1 heterocycles. The summed E-state index contributed by atoms with van der Waals surface area (Å²) in [6.45, 7) is 2.04. The molecule has 1 aliphatic carbocycles. The van der Waals surface area contributed by atoms with Crippen molar-refractivity contribution in [2.75, 3.05) is 5.32 Å². The summed E-state index contributed by atoms with van der Waals surface area (Å²) in [5.41, 5.74) is 3.53. The Morgan fingerprint density at radius 1 is 1.17 bits per heavy atom. The molecular weight excluding hydrogens is 354 g/mol. The van der Waals surface area contributed by atoms with Crippen LogP contribution in [-0.2, 0) is 0 Å². The monoisotopic (exact) mass is 373 g/mol. The molecule has 0 atom stereocenters. The van der Waals surface area contributed by atoms with Crippen LogP contribution in [0.25, 0.3) is 0 Å². The molecule has 3 rings (SSSR count). The Bertz CT molecular complexity index is 711. The van der Waals surface area contributed by atoms with E-state index in [0.29, 0.717) is 11.6 Å². The lowest BCUT2D eigenvalue weighted by Gasteiger charge is -2.13. The predicted octanol–water partition coefficient (Wildman–Crippen LogP) is 4.57. The number of halogens is 1. The van der Waals surface area contributed by atoms with Crippen molar-refractivity contribution < 1.29 is 4.79 Å². The SMILES string of the molecule is Cc1cc(Nc2cncc(C(=O)NC3CCCC3)c2)ccc1Br. The molecular formula is C18H20BrN3O. The number of amides is 1. The molecule has 0 unspecified atom stereocenters. The van der Waals surface area contributed by atoms with Gasteiger partial charge in [0.2, 0.25) is 0 Å². The molecule has 0 aliphatic heterocycles. The molecule has 1 amide bonds. The minimum atomic E-state index is -0.0416. The molecule has 2 aromatic rings. The van der Waals surface area contributed by atoms with Crippen LogP contribution >= 0.6 is 15.9 Å². The van der Waals surface area contributed by atoms with Crippen molar-refractivity contribution in [2.45, 2.75) is 38.6 Å². The highest BCUT2D eigenvalue weighted by Crippen LogP contribution is 2.23. The highest BCUT2D eigenvalue weighted by atomic mass is 79.9. The van der Waals surface area contributed by atoms with Crippen LogP contribution in [0.4, 0.5) is 11.4 Å². The summed E-state index contributed by atoms with van der Waals surface area (Å²) in [5, 5.41) is 6.39. The Balaban J connectivity index is 1.71. The van der Waals surface area contributed by atoms with Crippen molar-refractivity contribution in [3.05, 3.63) is 52.3 Å². The van der Waals surface area contributed by atoms with Gasteiger partial charge >= 0.3 is 0 Å². The maximum absolute atomic E-state index is 12.3. The van der Waals surface area contributed by atoms with Crippen LogP contribution in [-0.4, -0.2) is 16.9 Å². The van der Waals surface area contributed by atoms with Gasteiger partial charge in [-0.15, -0.1) is 0 Å². The number of aryl methyl sites for hydroxylation is 1. The molecule has 0 spiro atoms. The van der Waals surface area contributed by atoms with E-state index in [4.69, 9.17) is 0 Å². The fourth-order valence-corrected chi connectivity index (χ4v) is 3.11. The first-order chi connectivity index (χ1) is 11.1. The van der Waals surface area contributed by atoms with Crippen LogP contribution in [0.15, 0.2) is 41.1 Å². The fraction of sp³-hybridized carbons (Fsp3) is 0.333. The molecule has 1 fully saturated rings. The standard InChI is InChI=1S/C18H20BrN3O/c1-12-8-15(6-7-17(12)19)21-16-9-13(10-20-11-16)18(23)22-14-4-2-3-5-14/h6-11,14,21H,2-5H2,1H3,(H,22,23).